The first-order chi connectivity index (χ1) is 9.26. The zero-order valence-corrected chi connectivity index (χ0v) is 18.8. The van der Waals surface area contributed by atoms with E-state index in [0.29, 0.717) is 10.9 Å². The minimum atomic E-state index is -1.46. The second kappa shape index (κ2) is 6.28. The fourth-order valence-electron chi connectivity index (χ4n) is 4.26. The molecule has 21 heavy (non-hydrogen) atoms. The lowest BCUT2D eigenvalue weighted by Crippen LogP contribution is -2.49. The van der Waals surface area contributed by atoms with Crippen molar-refractivity contribution in [3.8, 4) is 0 Å². The van der Waals surface area contributed by atoms with Crippen LogP contribution in [0.5, 0.6) is 0 Å². The Bertz CT molecular complexity index is 416. The number of carbonyl (C=O) groups excluding carboxylic acids is 1. The Labute approximate surface area is 135 Å². The number of carbonyl (C=O) groups is 1. The van der Waals surface area contributed by atoms with E-state index in [-0.39, 0.29) is 0 Å². The van der Waals surface area contributed by atoms with Crippen molar-refractivity contribution in [1.82, 2.24) is 0 Å². The van der Waals surface area contributed by atoms with Gasteiger partial charge in [0.05, 0.1) is 24.2 Å². The number of ketones is 1. The predicted molar refractivity (Wildman–Crippen MR) is 104 cm³/mol. The second-order valence-electron chi connectivity index (χ2n) is 9.94. The van der Waals surface area contributed by atoms with Gasteiger partial charge in [0.15, 0.2) is 5.78 Å². The quantitative estimate of drug-likeness (QED) is 0.570. The maximum Gasteiger partial charge on any atom is 0.156 e. The van der Waals surface area contributed by atoms with E-state index in [9.17, 15) is 4.79 Å². The van der Waals surface area contributed by atoms with Crippen LogP contribution in [0.2, 0.25) is 64.1 Å². The van der Waals surface area contributed by atoms with E-state index in [4.69, 9.17) is 0 Å². The minimum Gasteiger partial charge on any atom is -0.295 e. The SMILES string of the molecule is C[Si](C)(C)C1=C(C(=O)C([Si](C)(C)C)[Si](C)(C)C)CCCC1. The summed E-state index contributed by atoms with van der Waals surface area (Å²) in [5, 5.41) is 1.98. The van der Waals surface area contributed by atoms with E-state index in [1.54, 1.807) is 5.20 Å². The van der Waals surface area contributed by atoms with E-state index < -0.39 is 24.2 Å². The zero-order chi connectivity index (χ0) is 16.6. The standard InChI is InChI=1S/C17H36OSi3/c1-19(2,3)15-13-11-10-12-14(15)16(18)17(20(4,5)6)21(7,8)9/h17H,10-13H2,1-9H3. The minimum absolute atomic E-state index is 0.379. The molecule has 0 unspecified atom stereocenters. The van der Waals surface area contributed by atoms with Crippen LogP contribution in [-0.2, 0) is 4.79 Å². The molecule has 0 radical (unpaired) electrons. The van der Waals surface area contributed by atoms with Gasteiger partial charge in [-0.05, 0) is 31.3 Å². The molecule has 0 amide bonds. The molecule has 1 aliphatic rings. The average molecular weight is 341 g/mol. The molecule has 1 rings (SSSR count). The molecule has 0 aromatic carbocycles. The fourth-order valence-corrected chi connectivity index (χ4v) is 18.7. The molecule has 0 heterocycles. The van der Waals surface area contributed by atoms with Crippen LogP contribution in [-0.4, -0.2) is 30.0 Å². The first-order valence-corrected chi connectivity index (χ1v) is 19.2. The molecule has 0 saturated carbocycles. The molecule has 0 bridgehead atoms. The van der Waals surface area contributed by atoms with Crippen molar-refractivity contribution < 1.29 is 4.79 Å². The molecule has 0 atom stereocenters. The van der Waals surface area contributed by atoms with Gasteiger partial charge < -0.3 is 0 Å². The summed E-state index contributed by atoms with van der Waals surface area (Å²) in [5.74, 6) is 0.574. The highest BCUT2D eigenvalue weighted by atomic mass is 28.4. The summed E-state index contributed by atoms with van der Waals surface area (Å²) in [6.07, 6.45) is 4.77. The van der Waals surface area contributed by atoms with Gasteiger partial charge in [-0.2, -0.15) is 0 Å². The van der Waals surface area contributed by atoms with Crippen LogP contribution in [0.1, 0.15) is 25.7 Å². The lowest BCUT2D eigenvalue weighted by atomic mass is 9.96. The van der Waals surface area contributed by atoms with E-state index >= 15 is 0 Å². The van der Waals surface area contributed by atoms with Crippen LogP contribution in [0.4, 0.5) is 0 Å². The van der Waals surface area contributed by atoms with Crippen molar-refractivity contribution in [2.45, 2.75) is 89.8 Å². The molecule has 0 fully saturated rings. The summed E-state index contributed by atoms with van der Waals surface area (Å²) in [6.45, 7) is 21.6. The lowest BCUT2D eigenvalue weighted by Gasteiger charge is -2.39. The molecular weight excluding hydrogens is 304 g/mol. The van der Waals surface area contributed by atoms with Crippen LogP contribution < -0.4 is 0 Å². The monoisotopic (exact) mass is 340 g/mol. The molecule has 1 aliphatic carbocycles. The number of allylic oxidation sites excluding steroid dienone is 2. The summed E-state index contributed by atoms with van der Waals surface area (Å²) in [4.78, 5) is 13.5. The molecule has 4 heteroatoms. The number of rotatable bonds is 5. The highest BCUT2D eigenvalue weighted by Gasteiger charge is 2.44. The third kappa shape index (κ3) is 4.76. The van der Waals surface area contributed by atoms with Crippen molar-refractivity contribution in [3.05, 3.63) is 10.8 Å². The van der Waals surface area contributed by atoms with Crippen molar-refractivity contribution in [1.29, 1.82) is 0 Å². The molecule has 0 saturated heterocycles. The molecule has 0 aliphatic heterocycles. The zero-order valence-electron chi connectivity index (χ0n) is 15.8. The van der Waals surface area contributed by atoms with Gasteiger partial charge in [-0.15, -0.1) is 0 Å². The summed E-state index contributed by atoms with van der Waals surface area (Å²) in [5.41, 5.74) is 1.29. The Morgan fingerprint density at radius 3 is 1.62 bits per heavy atom. The molecule has 0 aromatic heterocycles. The van der Waals surface area contributed by atoms with Crippen LogP contribution in [0.15, 0.2) is 10.8 Å². The van der Waals surface area contributed by atoms with Gasteiger partial charge in [-0.3, -0.25) is 4.79 Å². The first kappa shape index (κ1) is 19.1. The molecule has 0 aromatic rings. The Morgan fingerprint density at radius 1 is 0.810 bits per heavy atom. The number of hydrogen-bond acceptors (Lipinski definition) is 1. The van der Waals surface area contributed by atoms with Crippen molar-refractivity contribution in [2.24, 2.45) is 0 Å². The second-order valence-corrected chi connectivity index (χ2v) is 26.2. The molecule has 122 valence electrons. The van der Waals surface area contributed by atoms with Gasteiger partial charge in [0.2, 0.25) is 0 Å². The van der Waals surface area contributed by atoms with Gasteiger partial charge in [0, 0.05) is 5.16 Å². The van der Waals surface area contributed by atoms with Crippen LogP contribution in [0.25, 0.3) is 0 Å². The highest BCUT2D eigenvalue weighted by molar-refractivity contribution is 7.00. The highest BCUT2D eigenvalue weighted by Crippen LogP contribution is 2.40. The van der Waals surface area contributed by atoms with E-state index in [0.717, 1.165) is 6.42 Å². The van der Waals surface area contributed by atoms with Crippen LogP contribution in [0.3, 0.4) is 0 Å². The lowest BCUT2D eigenvalue weighted by molar-refractivity contribution is -0.114. The average Bonchev–Trinajstić information content (AvgIpc) is 2.23. The fraction of sp³-hybridized carbons (Fsp3) is 0.824. The summed E-state index contributed by atoms with van der Waals surface area (Å²) in [7, 11) is -4.29. The van der Waals surface area contributed by atoms with E-state index in [1.165, 1.54) is 24.8 Å². The largest absolute Gasteiger partial charge is 0.295 e. The smallest absolute Gasteiger partial charge is 0.156 e. The van der Waals surface area contributed by atoms with Gasteiger partial charge in [-0.25, -0.2) is 0 Å². The van der Waals surface area contributed by atoms with Crippen molar-refractivity contribution >= 4 is 30.0 Å². The van der Waals surface area contributed by atoms with Crippen LogP contribution >= 0.6 is 0 Å². The maximum atomic E-state index is 13.5. The molecule has 0 spiro atoms. The summed E-state index contributed by atoms with van der Waals surface area (Å²) >= 11 is 0. The number of Topliss-reactive ketones (excluding diaryl/α,β-unsaturated/α-hetero) is 1. The third-order valence-electron chi connectivity index (χ3n) is 4.66. The maximum absolute atomic E-state index is 13.5. The van der Waals surface area contributed by atoms with Crippen molar-refractivity contribution in [3.63, 3.8) is 0 Å². The normalized spacial score (nSPS) is 18.4. The Hall–Kier alpha value is 0.0606. The van der Waals surface area contributed by atoms with Gasteiger partial charge in [-0.1, -0.05) is 64.1 Å². The Morgan fingerprint density at radius 2 is 1.24 bits per heavy atom. The summed E-state index contributed by atoms with van der Waals surface area (Å²) < 4.78 is 0. The van der Waals surface area contributed by atoms with E-state index in [2.05, 4.69) is 58.9 Å². The predicted octanol–water partition coefficient (Wildman–Crippen LogP) is 5.89. The Balaban J connectivity index is 3.34. The van der Waals surface area contributed by atoms with Gasteiger partial charge in [0.1, 0.15) is 0 Å². The van der Waals surface area contributed by atoms with E-state index in [1.807, 2.05) is 0 Å². The topological polar surface area (TPSA) is 17.1 Å². The number of hydrogen-bond donors (Lipinski definition) is 0. The Kier molecular flexibility index (Phi) is 5.72. The van der Waals surface area contributed by atoms with Gasteiger partial charge in [0.25, 0.3) is 0 Å². The summed E-state index contributed by atoms with van der Waals surface area (Å²) in [6, 6.07) is 0. The molecule has 0 N–H and O–H groups in total. The third-order valence-corrected chi connectivity index (χ3v) is 16.2. The molecule has 1 nitrogen and oxygen atoms in total. The molecular formula is C17H36OSi3. The van der Waals surface area contributed by atoms with Crippen LogP contribution in [0, 0.1) is 0 Å². The van der Waals surface area contributed by atoms with Gasteiger partial charge >= 0.3 is 0 Å². The van der Waals surface area contributed by atoms with Crippen molar-refractivity contribution in [2.75, 3.05) is 0 Å². The first-order valence-electron chi connectivity index (χ1n) is 8.53.